The van der Waals surface area contributed by atoms with Gasteiger partial charge in [-0.3, -0.25) is 14.8 Å². The number of pyridine rings is 1. The topological polar surface area (TPSA) is 68.6 Å². The molecular formula is C20H24N2O3. The second-order valence-electron chi connectivity index (χ2n) is 6.65. The molecule has 1 aliphatic carbocycles. The summed E-state index contributed by atoms with van der Waals surface area (Å²) in [6.45, 7) is 4.28. The third kappa shape index (κ3) is 3.55. The minimum absolute atomic E-state index is 0.165. The van der Waals surface area contributed by atoms with Gasteiger partial charge in [0.2, 0.25) is 0 Å². The van der Waals surface area contributed by atoms with Crippen molar-refractivity contribution in [1.29, 1.82) is 0 Å². The van der Waals surface area contributed by atoms with E-state index in [1.165, 1.54) is 0 Å². The summed E-state index contributed by atoms with van der Waals surface area (Å²) >= 11 is 0. The number of allylic oxidation sites excluding steroid dienone is 1. The maximum atomic E-state index is 12.8. The number of esters is 1. The van der Waals surface area contributed by atoms with Crippen LogP contribution < -0.4 is 0 Å². The van der Waals surface area contributed by atoms with E-state index in [0.29, 0.717) is 24.3 Å². The van der Waals surface area contributed by atoms with Crippen molar-refractivity contribution in [3.63, 3.8) is 0 Å². The molecule has 0 bridgehead atoms. The first-order chi connectivity index (χ1) is 12.1. The Kier molecular flexibility index (Phi) is 5.41. The average molecular weight is 340 g/mol. The Balaban J connectivity index is 2.02. The molecule has 1 saturated carbocycles. The molecule has 1 aromatic heterocycles. The lowest BCUT2D eigenvalue weighted by Crippen LogP contribution is -2.39. The molecule has 1 aromatic rings. The van der Waals surface area contributed by atoms with Crippen molar-refractivity contribution in [2.45, 2.75) is 51.9 Å². The normalized spacial score (nSPS) is 23.1. The summed E-state index contributed by atoms with van der Waals surface area (Å²) in [7, 11) is 0. The lowest BCUT2D eigenvalue weighted by molar-refractivity contribution is -0.139. The van der Waals surface area contributed by atoms with Crippen LogP contribution in [0.15, 0.2) is 40.8 Å². The van der Waals surface area contributed by atoms with Gasteiger partial charge in [0.1, 0.15) is 5.78 Å². The van der Waals surface area contributed by atoms with Gasteiger partial charge < -0.3 is 4.74 Å². The predicted molar refractivity (Wildman–Crippen MR) is 95.3 cm³/mol. The van der Waals surface area contributed by atoms with Crippen molar-refractivity contribution < 1.29 is 14.3 Å². The molecule has 0 amide bonds. The zero-order valence-electron chi connectivity index (χ0n) is 14.8. The van der Waals surface area contributed by atoms with Crippen LogP contribution in [0.25, 0.3) is 0 Å². The molecule has 5 heteroatoms. The third-order valence-electron chi connectivity index (χ3n) is 4.92. The van der Waals surface area contributed by atoms with E-state index in [1.54, 1.807) is 12.4 Å². The Morgan fingerprint density at radius 2 is 2.00 bits per heavy atom. The lowest BCUT2D eigenvalue weighted by atomic mass is 9.69. The highest BCUT2D eigenvalue weighted by atomic mass is 16.5. The van der Waals surface area contributed by atoms with Crippen molar-refractivity contribution in [2.75, 3.05) is 6.61 Å². The fourth-order valence-corrected chi connectivity index (χ4v) is 3.70. The molecule has 132 valence electrons. The van der Waals surface area contributed by atoms with Gasteiger partial charge in [-0.05, 0) is 43.9 Å². The quantitative estimate of drug-likeness (QED) is 0.606. The minimum atomic E-state index is -0.353. The molecule has 0 spiro atoms. The number of aliphatic imine (C=N–C) groups is 1. The number of hydrogen-bond donors (Lipinski definition) is 0. The van der Waals surface area contributed by atoms with Crippen LogP contribution in [0.1, 0.15) is 57.4 Å². The average Bonchev–Trinajstić information content (AvgIpc) is 2.61. The summed E-state index contributed by atoms with van der Waals surface area (Å²) in [6.07, 6.45) is 7.38. The Bertz CT molecular complexity index is 722. The molecule has 0 radical (unpaired) electrons. The number of nitrogens with zero attached hydrogens (tertiary/aromatic N) is 2. The molecule has 0 N–H and O–H groups in total. The lowest BCUT2D eigenvalue weighted by Gasteiger charge is -2.35. The highest BCUT2D eigenvalue weighted by molar-refractivity contribution is 6.11. The van der Waals surface area contributed by atoms with Crippen molar-refractivity contribution >= 4 is 17.5 Å². The van der Waals surface area contributed by atoms with Crippen molar-refractivity contribution in [1.82, 2.24) is 4.98 Å². The van der Waals surface area contributed by atoms with Gasteiger partial charge in [0.05, 0.1) is 18.1 Å². The summed E-state index contributed by atoms with van der Waals surface area (Å²) < 4.78 is 5.47. The standard InChI is InChI=1S/C20H24N2O3/c1-3-4-12-25-20(24)17-13(2)22-15-6-5-7-16(23)19(15)18(17)14-8-10-21-11-9-14/h8-11,18-19H,3-7,12H2,1-2H3/t18-,19-/m0/s1. The van der Waals surface area contributed by atoms with E-state index < -0.39 is 0 Å². The summed E-state index contributed by atoms with van der Waals surface area (Å²) in [5.41, 5.74) is 3.01. The molecule has 3 rings (SSSR count). The molecule has 0 aromatic carbocycles. The first-order valence-corrected chi connectivity index (χ1v) is 9.01. The molecule has 2 atom stereocenters. The van der Waals surface area contributed by atoms with Crippen LogP contribution in [0.2, 0.25) is 0 Å². The number of rotatable bonds is 5. The van der Waals surface area contributed by atoms with Crippen LogP contribution in [0.4, 0.5) is 0 Å². The fraction of sp³-hybridized carbons (Fsp3) is 0.500. The van der Waals surface area contributed by atoms with Crippen LogP contribution in [0.3, 0.4) is 0 Å². The highest BCUT2D eigenvalue weighted by Gasteiger charge is 2.43. The number of fused-ring (bicyclic) bond motifs is 1. The van der Waals surface area contributed by atoms with Gasteiger partial charge in [-0.2, -0.15) is 0 Å². The van der Waals surface area contributed by atoms with E-state index in [2.05, 4.69) is 16.9 Å². The fourth-order valence-electron chi connectivity index (χ4n) is 3.70. The largest absolute Gasteiger partial charge is 0.462 e. The monoisotopic (exact) mass is 340 g/mol. The van der Waals surface area contributed by atoms with Gasteiger partial charge >= 0.3 is 5.97 Å². The second-order valence-corrected chi connectivity index (χ2v) is 6.65. The SMILES string of the molecule is CCCCOC(=O)C1=C(C)N=C2CCCC(=O)[C@H]2[C@H]1c1ccncc1. The molecule has 1 aliphatic heterocycles. The molecule has 1 fully saturated rings. The van der Waals surface area contributed by atoms with E-state index >= 15 is 0 Å². The molecule has 0 saturated heterocycles. The van der Waals surface area contributed by atoms with E-state index in [-0.39, 0.29) is 23.6 Å². The molecule has 25 heavy (non-hydrogen) atoms. The first-order valence-electron chi connectivity index (χ1n) is 9.01. The van der Waals surface area contributed by atoms with Gasteiger partial charge in [-0.15, -0.1) is 0 Å². The van der Waals surface area contributed by atoms with Crippen molar-refractivity contribution in [2.24, 2.45) is 10.9 Å². The number of ketones is 1. The van der Waals surface area contributed by atoms with Gasteiger partial charge in [0.15, 0.2) is 0 Å². The van der Waals surface area contributed by atoms with Crippen molar-refractivity contribution in [3.8, 4) is 0 Å². The van der Waals surface area contributed by atoms with E-state index in [0.717, 1.165) is 37.0 Å². The van der Waals surface area contributed by atoms with Gasteiger partial charge in [-0.1, -0.05) is 13.3 Å². The van der Waals surface area contributed by atoms with Gasteiger partial charge in [0.25, 0.3) is 0 Å². The van der Waals surface area contributed by atoms with E-state index in [1.807, 2.05) is 19.1 Å². The number of ether oxygens (including phenoxy) is 1. The van der Waals surface area contributed by atoms with Crippen LogP contribution >= 0.6 is 0 Å². The smallest absolute Gasteiger partial charge is 0.336 e. The molecule has 2 heterocycles. The Labute approximate surface area is 148 Å². The Morgan fingerprint density at radius 1 is 1.24 bits per heavy atom. The summed E-state index contributed by atoms with van der Waals surface area (Å²) in [5, 5.41) is 0. The minimum Gasteiger partial charge on any atom is -0.462 e. The van der Waals surface area contributed by atoms with Crippen LogP contribution in [0.5, 0.6) is 0 Å². The number of hydrogen-bond acceptors (Lipinski definition) is 5. The van der Waals surface area contributed by atoms with Crippen molar-refractivity contribution in [3.05, 3.63) is 41.4 Å². The second kappa shape index (κ2) is 7.72. The molecule has 0 unspecified atom stereocenters. The zero-order valence-corrected chi connectivity index (χ0v) is 14.8. The number of unbranched alkanes of at least 4 members (excludes halogenated alkanes) is 1. The first kappa shape index (κ1) is 17.5. The van der Waals surface area contributed by atoms with E-state index in [4.69, 9.17) is 4.74 Å². The third-order valence-corrected chi connectivity index (χ3v) is 4.92. The maximum Gasteiger partial charge on any atom is 0.336 e. The predicted octanol–water partition coefficient (Wildman–Crippen LogP) is 3.61. The molecule has 2 aliphatic rings. The van der Waals surface area contributed by atoms with E-state index in [9.17, 15) is 9.59 Å². The Morgan fingerprint density at radius 3 is 2.72 bits per heavy atom. The maximum absolute atomic E-state index is 12.8. The van der Waals surface area contributed by atoms with Crippen LogP contribution in [-0.4, -0.2) is 29.1 Å². The van der Waals surface area contributed by atoms with Gasteiger partial charge in [0, 0.05) is 36.1 Å². The molecular weight excluding hydrogens is 316 g/mol. The number of carbonyl (C=O) groups is 2. The summed E-state index contributed by atoms with van der Waals surface area (Å²) in [5.74, 6) is -0.863. The summed E-state index contributed by atoms with van der Waals surface area (Å²) in [6, 6.07) is 3.75. The number of Topliss-reactive ketones (excluding diaryl/α,β-unsaturated/α-hetero) is 1. The van der Waals surface area contributed by atoms with Gasteiger partial charge in [-0.25, -0.2) is 4.79 Å². The Hall–Kier alpha value is -2.30. The summed E-state index contributed by atoms with van der Waals surface area (Å²) in [4.78, 5) is 34.1. The van der Waals surface area contributed by atoms with Crippen LogP contribution in [0, 0.1) is 5.92 Å². The number of carbonyl (C=O) groups excluding carboxylic acids is 2. The highest BCUT2D eigenvalue weighted by Crippen LogP contribution is 2.42. The zero-order chi connectivity index (χ0) is 17.8. The van der Waals surface area contributed by atoms with Crippen LogP contribution in [-0.2, 0) is 14.3 Å². The number of aromatic nitrogens is 1. The molecule has 5 nitrogen and oxygen atoms in total.